The van der Waals surface area contributed by atoms with E-state index >= 15 is 0 Å². The third-order valence-corrected chi connectivity index (χ3v) is 3.97. The maximum Gasteiger partial charge on any atom is 0.119 e. The summed E-state index contributed by atoms with van der Waals surface area (Å²) in [6, 6.07) is 18.8. The van der Waals surface area contributed by atoms with E-state index in [4.69, 9.17) is 4.74 Å². The second-order valence-corrected chi connectivity index (χ2v) is 5.37. The van der Waals surface area contributed by atoms with Crippen LogP contribution in [0.15, 0.2) is 54.6 Å². The summed E-state index contributed by atoms with van der Waals surface area (Å²) in [5.74, 6) is 0.929. The van der Waals surface area contributed by atoms with Crippen LogP contribution < -0.4 is 4.74 Å². The summed E-state index contributed by atoms with van der Waals surface area (Å²) >= 11 is 3.75. The van der Waals surface area contributed by atoms with Crippen LogP contribution in [0.3, 0.4) is 0 Å². The van der Waals surface area contributed by atoms with Crippen LogP contribution in [0.25, 0.3) is 0 Å². The van der Waals surface area contributed by atoms with Crippen molar-refractivity contribution >= 4 is 15.9 Å². The number of aryl methyl sites for hydroxylation is 1. The summed E-state index contributed by atoms with van der Waals surface area (Å²) in [5.41, 5.74) is 2.65. The Kier molecular flexibility index (Phi) is 4.82. The third kappa shape index (κ3) is 3.61. The van der Waals surface area contributed by atoms with Crippen molar-refractivity contribution in [1.82, 2.24) is 0 Å². The molecular formula is C16H17BrO. The fourth-order valence-electron chi connectivity index (χ4n) is 1.95. The monoisotopic (exact) mass is 304 g/mol. The lowest BCUT2D eigenvalue weighted by Crippen LogP contribution is -1.94. The molecule has 0 saturated carbocycles. The Morgan fingerprint density at radius 2 is 1.83 bits per heavy atom. The van der Waals surface area contributed by atoms with E-state index in [1.165, 1.54) is 11.1 Å². The van der Waals surface area contributed by atoms with E-state index in [-0.39, 0.29) is 0 Å². The number of benzene rings is 2. The Labute approximate surface area is 117 Å². The van der Waals surface area contributed by atoms with Gasteiger partial charge in [0.25, 0.3) is 0 Å². The molecule has 0 aliphatic rings. The van der Waals surface area contributed by atoms with Gasteiger partial charge in [-0.25, -0.2) is 0 Å². The molecule has 1 unspecified atom stereocenters. The van der Waals surface area contributed by atoms with Crippen LogP contribution in [0, 0.1) is 0 Å². The number of alkyl halides is 1. The fourth-order valence-corrected chi connectivity index (χ4v) is 2.48. The largest absolute Gasteiger partial charge is 0.497 e. The number of ether oxygens (including phenoxy) is 1. The van der Waals surface area contributed by atoms with Gasteiger partial charge in [-0.05, 0) is 36.1 Å². The van der Waals surface area contributed by atoms with E-state index in [0.29, 0.717) is 4.83 Å². The van der Waals surface area contributed by atoms with Crippen LogP contribution in [0.2, 0.25) is 0 Å². The maximum atomic E-state index is 5.23. The molecule has 0 bridgehead atoms. The molecule has 2 aromatic rings. The van der Waals surface area contributed by atoms with Crippen molar-refractivity contribution in [3.63, 3.8) is 0 Å². The van der Waals surface area contributed by atoms with E-state index in [2.05, 4.69) is 52.3 Å². The highest BCUT2D eigenvalue weighted by atomic mass is 79.9. The smallest absolute Gasteiger partial charge is 0.119 e. The van der Waals surface area contributed by atoms with Crippen molar-refractivity contribution in [3.05, 3.63) is 65.7 Å². The number of halogens is 1. The molecule has 2 heteroatoms. The molecule has 1 nitrogen and oxygen atoms in total. The second kappa shape index (κ2) is 6.60. The minimum atomic E-state index is 0.407. The van der Waals surface area contributed by atoms with Crippen molar-refractivity contribution < 1.29 is 4.74 Å². The van der Waals surface area contributed by atoms with E-state index in [1.807, 2.05) is 18.2 Å². The molecule has 18 heavy (non-hydrogen) atoms. The fraction of sp³-hybridized carbons (Fsp3) is 0.250. The zero-order valence-corrected chi connectivity index (χ0v) is 12.1. The van der Waals surface area contributed by atoms with Gasteiger partial charge in [-0.1, -0.05) is 58.4 Å². The first-order valence-electron chi connectivity index (χ1n) is 6.11. The highest BCUT2D eigenvalue weighted by Gasteiger charge is 2.07. The normalized spacial score (nSPS) is 12.1. The first-order chi connectivity index (χ1) is 8.79. The number of hydrogen-bond acceptors (Lipinski definition) is 1. The average Bonchev–Trinajstić information content (AvgIpc) is 2.46. The first-order valence-corrected chi connectivity index (χ1v) is 7.03. The van der Waals surface area contributed by atoms with Crippen LogP contribution in [0.1, 0.15) is 22.4 Å². The average molecular weight is 305 g/mol. The van der Waals surface area contributed by atoms with Gasteiger partial charge in [0, 0.05) is 4.83 Å². The van der Waals surface area contributed by atoms with Gasteiger partial charge >= 0.3 is 0 Å². The van der Waals surface area contributed by atoms with Crippen molar-refractivity contribution in [2.75, 3.05) is 7.11 Å². The van der Waals surface area contributed by atoms with E-state index in [0.717, 1.165) is 18.6 Å². The lowest BCUT2D eigenvalue weighted by molar-refractivity contribution is 0.414. The van der Waals surface area contributed by atoms with Crippen LogP contribution in [0.4, 0.5) is 0 Å². The molecule has 0 aliphatic heterocycles. The van der Waals surface area contributed by atoms with Gasteiger partial charge in [0.15, 0.2) is 0 Å². The summed E-state index contributed by atoms with van der Waals surface area (Å²) in [7, 11) is 1.70. The minimum absolute atomic E-state index is 0.407. The van der Waals surface area contributed by atoms with E-state index < -0.39 is 0 Å². The van der Waals surface area contributed by atoms with E-state index in [1.54, 1.807) is 7.11 Å². The van der Waals surface area contributed by atoms with Crippen molar-refractivity contribution in [2.45, 2.75) is 17.7 Å². The van der Waals surface area contributed by atoms with Crippen molar-refractivity contribution in [2.24, 2.45) is 0 Å². The molecule has 0 aliphatic carbocycles. The minimum Gasteiger partial charge on any atom is -0.497 e. The standard InChI is InChI=1S/C16H17BrO/c1-18-15-9-5-6-13(12-15)10-11-16(17)14-7-3-2-4-8-14/h2-9,12,16H,10-11H2,1H3. The quantitative estimate of drug-likeness (QED) is 0.723. The molecule has 0 N–H and O–H groups in total. The topological polar surface area (TPSA) is 9.23 Å². The first kappa shape index (κ1) is 13.2. The molecule has 0 amide bonds. The predicted molar refractivity (Wildman–Crippen MR) is 79.4 cm³/mol. The molecule has 0 aromatic heterocycles. The van der Waals surface area contributed by atoms with Gasteiger partial charge < -0.3 is 4.74 Å². The van der Waals surface area contributed by atoms with Gasteiger partial charge in [-0.3, -0.25) is 0 Å². The molecule has 2 rings (SSSR count). The lowest BCUT2D eigenvalue weighted by Gasteiger charge is -2.10. The summed E-state index contributed by atoms with van der Waals surface area (Å²) in [4.78, 5) is 0.407. The van der Waals surface area contributed by atoms with Crippen molar-refractivity contribution in [1.29, 1.82) is 0 Å². The summed E-state index contributed by atoms with van der Waals surface area (Å²) < 4.78 is 5.23. The SMILES string of the molecule is COc1cccc(CCC(Br)c2ccccc2)c1. The van der Waals surface area contributed by atoms with Gasteiger partial charge in [0.2, 0.25) is 0 Å². The highest BCUT2D eigenvalue weighted by Crippen LogP contribution is 2.28. The van der Waals surface area contributed by atoms with Crippen LogP contribution in [-0.2, 0) is 6.42 Å². The number of hydrogen-bond donors (Lipinski definition) is 0. The summed E-state index contributed by atoms with van der Waals surface area (Å²) in [6.45, 7) is 0. The predicted octanol–water partition coefficient (Wildman–Crippen LogP) is 4.76. The molecule has 0 fully saturated rings. The van der Waals surface area contributed by atoms with Crippen LogP contribution >= 0.6 is 15.9 Å². The van der Waals surface area contributed by atoms with E-state index in [9.17, 15) is 0 Å². The lowest BCUT2D eigenvalue weighted by atomic mass is 10.0. The Bertz CT molecular complexity index is 481. The number of rotatable bonds is 5. The van der Waals surface area contributed by atoms with Crippen molar-refractivity contribution in [3.8, 4) is 5.75 Å². The van der Waals surface area contributed by atoms with Gasteiger partial charge in [-0.15, -0.1) is 0 Å². The maximum absolute atomic E-state index is 5.23. The zero-order chi connectivity index (χ0) is 12.8. The van der Waals surface area contributed by atoms with Gasteiger partial charge in [0.1, 0.15) is 5.75 Å². The Hall–Kier alpha value is -1.28. The summed E-state index contributed by atoms with van der Waals surface area (Å²) in [5, 5.41) is 0. The molecule has 1 atom stereocenters. The molecule has 0 spiro atoms. The van der Waals surface area contributed by atoms with Gasteiger partial charge in [-0.2, -0.15) is 0 Å². The van der Waals surface area contributed by atoms with Gasteiger partial charge in [0.05, 0.1) is 7.11 Å². The molecule has 2 aromatic carbocycles. The molecule has 0 heterocycles. The third-order valence-electron chi connectivity index (χ3n) is 2.98. The van der Waals surface area contributed by atoms with Crippen LogP contribution in [0.5, 0.6) is 5.75 Å². The van der Waals surface area contributed by atoms with Crippen LogP contribution in [-0.4, -0.2) is 7.11 Å². The highest BCUT2D eigenvalue weighted by molar-refractivity contribution is 9.09. The molecule has 0 saturated heterocycles. The molecule has 94 valence electrons. The second-order valence-electron chi connectivity index (χ2n) is 4.27. The Balaban J connectivity index is 1.95. The Morgan fingerprint density at radius 3 is 2.56 bits per heavy atom. The number of methoxy groups -OCH3 is 1. The molecule has 0 radical (unpaired) electrons. The Morgan fingerprint density at radius 1 is 1.06 bits per heavy atom. The summed E-state index contributed by atoms with van der Waals surface area (Å²) in [6.07, 6.45) is 2.12. The zero-order valence-electron chi connectivity index (χ0n) is 10.5. The molecular weight excluding hydrogens is 288 g/mol.